The van der Waals surface area contributed by atoms with Crippen LogP contribution in [0, 0.1) is 17.2 Å². The van der Waals surface area contributed by atoms with Gasteiger partial charge in [-0.1, -0.05) is 25.1 Å². The first kappa shape index (κ1) is 29.1. The van der Waals surface area contributed by atoms with E-state index in [1.165, 1.54) is 26.0 Å². The van der Waals surface area contributed by atoms with Gasteiger partial charge < -0.3 is 24.8 Å². The second-order valence-corrected chi connectivity index (χ2v) is 11.8. The number of carbonyl (C=O) groups is 1. The molecule has 2 aliphatic rings. The van der Waals surface area contributed by atoms with Gasteiger partial charge in [0.05, 0.1) is 31.3 Å². The molecule has 7 atom stereocenters. The Kier molecular flexibility index (Phi) is 7.89. The van der Waals surface area contributed by atoms with Crippen LogP contribution in [0.25, 0.3) is 0 Å². The number of nitrogens with zero attached hydrogens (tertiary/aromatic N) is 2. The fourth-order valence-electron chi connectivity index (χ4n) is 4.82. The average Bonchev–Trinajstić information content (AvgIpc) is 3.40. The van der Waals surface area contributed by atoms with Gasteiger partial charge >= 0.3 is 19.4 Å². The summed E-state index contributed by atoms with van der Waals surface area (Å²) in [5.41, 5.74) is 2.96. The van der Waals surface area contributed by atoms with Crippen LogP contribution >= 0.6 is 7.75 Å². The smallest absolute Gasteiger partial charge is 0.459 e. The van der Waals surface area contributed by atoms with Crippen LogP contribution in [0.4, 0.5) is 14.6 Å². The molecule has 1 aromatic heterocycles. The predicted octanol–water partition coefficient (Wildman–Crippen LogP) is 2.33. The summed E-state index contributed by atoms with van der Waals surface area (Å²) in [5.74, 6) is -5.80. The number of alkyl halides is 1. The highest BCUT2D eigenvalue weighted by atomic mass is 31.2. The van der Waals surface area contributed by atoms with E-state index in [1.807, 2.05) is 0 Å². The number of aromatic nitrogens is 2. The number of para-hydroxylation sites is 1. The summed E-state index contributed by atoms with van der Waals surface area (Å²) in [6.07, 6.45) is -0.836. The number of halogens is 2. The van der Waals surface area contributed by atoms with Crippen LogP contribution in [0.2, 0.25) is 0 Å². The van der Waals surface area contributed by atoms with Crippen LogP contribution in [0.1, 0.15) is 33.7 Å². The first-order valence-electron chi connectivity index (χ1n) is 12.2. The molecule has 0 bridgehead atoms. The first-order valence-corrected chi connectivity index (χ1v) is 13.8. The molecule has 4 rings (SSSR count). The van der Waals surface area contributed by atoms with E-state index in [-0.39, 0.29) is 5.75 Å². The molecule has 12 nitrogen and oxygen atoms in total. The average molecular weight is 573 g/mol. The maximum absolute atomic E-state index is 15.9. The first-order chi connectivity index (χ1) is 18.2. The molecule has 4 unspecified atom stereocenters. The summed E-state index contributed by atoms with van der Waals surface area (Å²) < 4.78 is 66.6. The van der Waals surface area contributed by atoms with Crippen LogP contribution in [0.15, 0.2) is 41.3 Å². The standard InChI is InChI=1S/C24H31F2N4O8P/c1-13(2)36-21(32)14(3)29-39(34,38-15-8-6-5-7-9-15)35-12-23(4)17(11-31)37-24(26)18(23)19(24)30-10-16(25)20(27)28-22(30)33/h5-10,13-14,17-19,31H,11-12H2,1-4H3,(H,29,34)(H2,27,28,33)/t14-,17+,18?,19+,23?,24?,39?/m0/s1. The van der Waals surface area contributed by atoms with E-state index >= 15 is 4.39 Å². The lowest BCUT2D eigenvalue weighted by atomic mass is 9.81. The Hall–Kier alpha value is -2.90. The topological polar surface area (TPSA) is 164 Å². The molecular formula is C24H31F2N4O8P. The third kappa shape index (κ3) is 5.57. The van der Waals surface area contributed by atoms with Gasteiger partial charge in [-0.15, -0.1) is 0 Å². The maximum atomic E-state index is 15.9. The largest absolute Gasteiger partial charge is 0.462 e. The van der Waals surface area contributed by atoms with Crippen molar-refractivity contribution in [2.75, 3.05) is 18.9 Å². The van der Waals surface area contributed by atoms with Gasteiger partial charge in [-0.2, -0.15) is 10.1 Å². The summed E-state index contributed by atoms with van der Waals surface area (Å²) in [7, 11) is -4.34. The quantitative estimate of drug-likeness (QED) is 0.267. The molecule has 4 N–H and O–H groups in total. The number of aliphatic hydroxyl groups excluding tert-OH is 1. The molecule has 39 heavy (non-hydrogen) atoms. The van der Waals surface area contributed by atoms with Crippen molar-refractivity contribution in [3.8, 4) is 5.75 Å². The van der Waals surface area contributed by atoms with E-state index in [1.54, 1.807) is 32.0 Å². The van der Waals surface area contributed by atoms with Crippen molar-refractivity contribution >= 4 is 19.5 Å². The van der Waals surface area contributed by atoms with E-state index in [2.05, 4.69) is 10.1 Å². The van der Waals surface area contributed by atoms with Gasteiger partial charge in [0.25, 0.3) is 0 Å². The Labute approximate surface area is 223 Å². The number of benzene rings is 1. The van der Waals surface area contributed by atoms with Gasteiger partial charge in [-0.05, 0) is 32.9 Å². The summed E-state index contributed by atoms with van der Waals surface area (Å²) >= 11 is 0. The zero-order valence-corrected chi connectivity index (χ0v) is 22.6. The molecular weight excluding hydrogens is 541 g/mol. The third-order valence-corrected chi connectivity index (χ3v) is 8.40. The van der Waals surface area contributed by atoms with Crippen molar-refractivity contribution in [2.45, 2.75) is 57.8 Å². The van der Waals surface area contributed by atoms with Crippen molar-refractivity contribution < 1.29 is 41.8 Å². The molecule has 1 aliphatic heterocycles. The summed E-state index contributed by atoms with van der Waals surface area (Å²) in [6.45, 7) is 5.08. The number of anilines is 1. The zero-order valence-electron chi connectivity index (χ0n) is 21.7. The molecule has 15 heteroatoms. The van der Waals surface area contributed by atoms with E-state index in [9.17, 15) is 23.7 Å². The second kappa shape index (κ2) is 10.6. The number of nitrogens with two attached hydrogens (primary N) is 1. The monoisotopic (exact) mass is 572 g/mol. The fourth-order valence-corrected chi connectivity index (χ4v) is 6.43. The molecule has 0 radical (unpaired) electrons. The number of nitrogen functional groups attached to an aromatic ring is 1. The molecule has 2 fully saturated rings. The van der Waals surface area contributed by atoms with Crippen molar-refractivity contribution in [2.24, 2.45) is 11.3 Å². The normalized spacial score (nSPS) is 29.9. The highest BCUT2D eigenvalue weighted by Crippen LogP contribution is 2.72. The number of ether oxygens (including phenoxy) is 2. The summed E-state index contributed by atoms with van der Waals surface area (Å²) in [6, 6.07) is 5.57. The third-order valence-electron chi connectivity index (χ3n) is 6.77. The number of nitrogens with one attached hydrogen (secondary N) is 1. The number of aliphatic hydroxyl groups is 1. The lowest BCUT2D eigenvalue weighted by Crippen LogP contribution is -2.42. The number of carbonyl (C=O) groups excluding carboxylic acids is 1. The van der Waals surface area contributed by atoms with Gasteiger partial charge in [0.1, 0.15) is 17.8 Å². The van der Waals surface area contributed by atoms with Crippen LogP contribution in [0.3, 0.4) is 0 Å². The van der Waals surface area contributed by atoms with E-state index in [0.717, 1.165) is 10.8 Å². The molecule has 2 heterocycles. The molecule has 214 valence electrons. The van der Waals surface area contributed by atoms with Crippen LogP contribution in [-0.2, 0) is 23.4 Å². The van der Waals surface area contributed by atoms with Crippen molar-refractivity contribution in [3.05, 3.63) is 52.8 Å². The molecule has 1 saturated carbocycles. The Morgan fingerprint density at radius 2 is 2.00 bits per heavy atom. The number of rotatable bonds is 11. The van der Waals surface area contributed by atoms with Gasteiger partial charge in [-0.25, -0.2) is 18.1 Å². The van der Waals surface area contributed by atoms with Crippen molar-refractivity contribution in [1.82, 2.24) is 14.6 Å². The molecule has 2 aromatic rings. The molecule has 1 aliphatic carbocycles. The van der Waals surface area contributed by atoms with Gasteiger partial charge in [0.2, 0.25) is 5.85 Å². The molecule has 1 aromatic carbocycles. The lowest BCUT2D eigenvalue weighted by Gasteiger charge is -2.34. The SMILES string of the molecule is CC(C)OC(=O)[C@H](C)NP(=O)(OCC1(C)C2[C@@H](n3cc(F)c(N)nc3=O)C2(F)O[C@@H]1CO)Oc1ccccc1. The van der Waals surface area contributed by atoms with Crippen LogP contribution in [-0.4, -0.2) is 57.9 Å². The van der Waals surface area contributed by atoms with Crippen molar-refractivity contribution in [1.29, 1.82) is 0 Å². The number of hydrogen-bond acceptors (Lipinski definition) is 10. The van der Waals surface area contributed by atoms with Crippen LogP contribution in [0.5, 0.6) is 5.75 Å². The molecule has 0 amide bonds. The molecule has 1 saturated heterocycles. The van der Waals surface area contributed by atoms with E-state index in [0.29, 0.717) is 0 Å². The van der Waals surface area contributed by atoms with Crippen LogP contribution < -0.4 is 21.0 Å². The van der Waals surface area contributed by atoms with E-state index < -0.39 is 85.7 Å². The summed E-state index contributed by atoms with van der Waals surface area (Å²) in [5, 5.41) is 12.5. The lowest BCUT2D eigenvalue weighted by molar-refractivity contribution is -0.149. The number of fused-ring (bicyclic) bond motifs is 1. The Balaban J connectivity index is 1.60. The number of esters is 1. The van der Waals surface area contributed by atoms with Gasteiger partial charge in [0, 0.05) is 11.6 Å². The highest BCUT2D eigenvalue weighted by Gasteiger charge is 2.82. The summed E-state index contributed by atoms with van der Waals surface area (Å²) in [4.78, 5) is 28.1. The second-order valence-electron chi connectivity index (χ2n) is 10.1. The Morgan fingerprint density at radius 1 is 1.33 bits per heavy atom. The minimum absolute atomic E-state index is 0.156. The maximum Gasteiger partial charge on any atom is 0.459 e. The highest BCUT2D eigenvalue weighted by molar-refractivity contribution is 7.52. The number of hydrogen-bond donors (Lipinski definition) is 3. The van der Waals surface area contributed by atoms with Gasteiger partial charge in [0.15, 0.2) is 11.6 Å². The minimum Gasteiger partial charge on any atom is -0.462 e. The minimum atomic E-state index is -4.34. The zero-order chi connectivity index (χ0) is 28.8. The fraction of sp³-hybridized carbons (Fsp3) is 0.542. The van der Waals surface area contributed by atoms with E-state index in [4.69, 9.17) is 24.3 Å². The Bertz CT molecular complexity index is 1330. The Morgan fingerprint density at radius 3 is 2.62 bits per heavy atom. The van der Waals surface area contributed by atoms with Gasteiger partial charge in [-0.3, -0.25) is 13.9 Å². The molecule has 0 spiro atoms. The predicted molar refractivity (Wildman–Crippen MR) is 134 cm³/mol. The van der Waals surface area contributed by atoms with Crippen molar-refractivity contribution in [3.63, 3.8) is 0 Å².